The first kappa shape index (κ1) is 21.5. The second-order valence-corrected chi connectivity index (χ2v) is 6.42. The van der Waals surface area contributed by atoms with Crippen LogP contribution in [0.2, 0.25) is 0 Å². The van der Waals surface area contributed by atoms with Crippen molar-refractivity contribution in [2.45, 2.75) is 53.1 Å². The average Bonchev–Trinajstić information content (AvgIpc) is 3.13. The summed E-state index contributed by atoms with van der Waals surface area (Å²) in [5, 5.41) is 10.4. The van der Waals surface area contributed by atoms with E-state index in [1.54, 1.807) is 14.0 Å². The highest BCUT2D eigenvalue weighted by Gasteiger charge is 2.13. The van der Waals surface area contributed by atoms with Crippen LogP contribution in [0.5, 0.6) is 11.5 Å². The summed E-state index contributed by atoms with van der Waals surface area (Å²) >= 11 is 0. The zero-order valence-electron chi connectivity index (χ0n) is 17.4. The highest BCUT2D eigenvalue weighted by atomic mass is 16.5. The van der Waals surface area contributed by atoms with E-state index in [4.69, 9.17) is 14.0 Å². The van der Waals surface area contributed by atoms with E-state index in [1.807, 2.05) is 18.2 Å². The second kappa shape index (κ2) is 11.2. The minimum atomic E-state index is 0.0161. The fourth-order valence-electron chi connectivity index (χ4n) is 2.51. The topological polar surface area (TPSA) is 93.8 Å². The molecule has 1 aromatic heterocycles. The highest BCUT2D eigenvalue weighted by Crippen LogP contribution is 2.31. The fourth-order valence-corrected chi connectivity index (χ4v) is 2.51. The van der Waals surface area contributed by atoms with Crippen molar-refractivity contribution in [1.82, 2.24) is 20.8 Å². The molecule has 8 heteroatoms. The predicted molar refractivity (Wildman–Crippen MR) is 109 cm³/mol. The predicted octanol–water partition coefficient (Wildman–Crippen LogP) is 3.38. The summed E-state index contributed by atoms with van der Waals surface area (Å²) in [6.45, 7) is 9.75. The molecule has 2 rings (SSSR count). The maximum absolute atomic E-state index is 5.89. The van der Waals surface area contributed by atoms with Crippen molar-refractivity contribution in [3.63, 3.8) is 0 Å². The van der Waals surface area contributed by atoms with E-state index in [9.17, 15) is 0 Å². The van der Waals surface area contributed by atoms with Gasteiger partial charge in [-0.2, -0.15) is 4.98 Å². The summed E-state index contributed by atoms with van der Waals surface area (Å²) in [4.78, 5) is 8.43. The summed E-state index contributed by atoms with van der Waals surface area (Å²) in [5.74, 6) is 3.32. The van der Waals surface area contributed by atoms with Gasteiger partial charge < -0.3 is 24.6 Å². The van der Waals surface area contributed by atoms with Crippen LogP contribution in [0.25, 0.3) is 0 Å². The molecule has 2 aromatic rings. The number of nitrogens with zero attached hydrogens (tertiary/aromatic N) is 3. The van der Waals surface area contributed by atoms with E-state index >= 15 is 0 Å². The van der Waals surface area contributed by atoms with Crippen molar-refractivity contribution in [1.29, 1.82) is 0 Å². The SMILES string of the molecule is CCCOc1ccc(C(C)NC(=NC)NCc2noc(C)n2)cc1OCCC. The Morgan fingerprint density at radius 1 is 1.18 bits per heavy atom. The summed E-state index contributed by atoms with van der Waals surface area (Å²) in [6.07, 6.45) is 1.90. The third-order valence-corrected chi connectivity index (χ3v) is 3.95. The van der Waals surface area contributed by atoms with Crippen molar-refractivity contribution in [2.75, 3.05) is 20.3 Å². The number of guanidine groups is 1. The van der Waals surface area contributed by atoms with Crippen molar-refractivity contribution in [3.8, 4) is 11.5 Å². The molecule has 0 aliphatic heterocycles. The summed E-state index contributed by atoms with van der Waals surface area (Å²) in [6, 6.07) is 6.04. The molecule has 1 atom stereocenters. The van der Waals surface area contributed by atoms with E-state index in [0.29, 0.717) is 37.4 Å². The summed E-state index contributed by atoms with van der Waals surface area (Å²) < 4.78 is 16.7. The number of rotatable bonds is 10. The van der Waals surface area contributed by atoms with E-state index in [0.717, 1.165) is 29.9 Å². The molecule has 0 radical (unpaired) electrons. The lowest BCUT2D eigenvalue weighted by molar-refractivity contribution is 0.268. The molecule has 0 saturated heterocycles. The van der Waals surface area contributed by atoms with Gasteiger partial charge in [-0.3, -0.25) is 4.99 Å². The molecule has 1 aromatic carbocycles. The smallest absolute Gasteiger partial charge is 0.223 e. The first-order valence-corrected chi connectivity index (χ1v) is 9.73. The average molecular weight is 390 g/mol. The Hall–Kier alpha value is -2.77. The number of aryl methyl sites for hydroxylation is 1. The van der Waals surface area contributed by atoms with Gasteiger partial charge in [-0.05, 0) is 37.5 Å². The third-order valence-electron chi connectivity index (χ3n) is 3.95. The van der Waals surface area contributed by atoms with Crippen LogP contribution in [0.15, 0.2) is 27.7 Å². The Morgan fingerprint density at radius 3 is 2.50 bits per heavy atom. The minimum Gasteiger partial charge on any atom is -0.490 e. The van der Waals surface area contributed by atoms with E-state index in [-0.39, 0.29) is 6.04 Å². The van der Waals surface area contributed by atoms with Crippen LogP contribution in [0.4, 0.5) is 0 Å². The Balaban J connectivity index is 2.03. The Bertz CT molecular complexity index is 760. The zero-order chi connectivity index (χ0) is 20.4. The molecule has 0 bridgehead atoms. The van der Waals surface area contributed by atoms with Crippen LogP contribution in [0.1, 0.15) is 56.9 Å². The molecular weight excluding hydrogens is 358 g/mol. The second-order valence-electron chi connectivity index (χ2n) is 6.42. The van der Waals surface area contributed by atoms with E-state index in [2.05, 4.69) is 46.5 Å². The van der Waals surface area contributed by atoms with Gasteiger partial charge in [-0.1, -0.05) is 25.1 Å². The van der Waals surface area contributed by atoms with Crippen LogP contribution in [0.3, 0.4) is 0 Å². The van der Waals surface area contributed by atoms with Crippen LogP contribution in [-0.2, 0) is 6.54 Å². The van der Waals surface area contributed by atoms with Gasteiger partial charge in [0.2, 0.25) is 5.89 Å². The molecule has 8 nitrogen and oxygen atoms in total. The number of aromatic nitrogens is 2. The van der Waals surface area contributed by atoms with Gasteiger partial charge in [-0.25, -0.2) is 0 Å². The molecule has 0 aliphatic rings. The standard InChI is InChI=1S/C20H31N5O3/c1-6-10-26-17-9-8-16(12-18(17)27-11-7-2)14(3)23-20(21-5)22-13-19-24-15(4)28-25-19/h8-9,12,14H,6-7,10-11,13H2,1-5H3,(H2,21,22,23). The number of hydrogen-bond donors (Lipinski definition) is 2. The molecule has 0 aliphatic carbocycles. The van der Waals surface area contributed by atoms with E-state index < -0.39 is 0 Å². The minimum absolute atomic E-state index is 0.0161. The molecule has 1 heterocycles. The molecule has 0 saturated carbocycles. The van der Waals surface area contributed by atoms with E-state index in [1.165, 1.54) is 0 Å². The Morgan fingerprint density at radius 2 is 1.89 bits per heavy atom. The van der Waals surface area contributed by atoms with Crippen molar-refractivity contribution in [3.05, 3.63) is 35.5 Å². The molecule has 28 heavy (non-hydrogen) atoms. The van der Waals surface area contributed by atoms with Crippen molar-refractivity contribution >= 4 is 5.96 Å². The van der Waals surface area contributed by atoms with Gasteiger partial charge in [-0.15, -0.1) is 0 Å². The number of hydrogen-bond acceptors (Lipinski definition) is 6. The fraction of sp³-hybridized carbons (Fsp3) is 0.550. The maximum atomic E-state index is 5.89. The van der Waals surface area contributed by atoms with Gasteiger partial charge in [0.15, 0.2) is 23.3 Å². The molecule has 0 fully saturated rings. The van der Waals surface area contributed by atoms with Crippen LogP contribution in [-0.4, -0.2) is 36.4 Å². The molecular formula is C20H31N5O3. The van der Waals surface area contributed by atoms with Crippen molar-refractivity contribution < 1.29 is 14.0 Å². The first-order valence-electron chi connectivity index (χ1n) is 9.73. The summed E-state index contributed by atoms with van der Waals surface area (Å²) in [5.41, 5.74) is 1.08. The molecule has 2 N–H and O–H groups in total. The molecule has 1 unspecified atom stereocenters. The largest absolute Gasteiger partial charge is 0.490 e. The third kappa shape index (κ3) is 6.44. The molecule has 0 spiro atoms. The normalized spacial score (nSPS) is 12.5. The highest BCUT2D eigenvalue weighted by molar-refractivity contribution is 5.80. The monoisotopic (exact) mass is 389 g/mol. The van der Waals surface area contributed by atoms with Crippen LogP contribution < -0.4 is 20.1 Å². The Kier molecular flexibility index (Phi) is 8.58. The number of nitrogens with one attached hydrogen (secondary N) is 2. The lowest BCUT2D eigenvalue weighted by Gasteiger charge is -2.20. The molecule has 0 amide bonds. The Labute approximate surface area is 166 Å². The maximum Gasteiger partial charge on any atom is 0.223 e. The van der Waals surface area contributed by atoms with Gasteiger partial charge in [0.25, 0.3) is 0 Å². The lowest BCUT2D eigenvalue weighted by atomic mass is 10.1. The quantitative estimate of drug-likeness (QED) is 0.475. The first-order chi connectivity index (χ1) is 13.6. The number of aliphatic imine (C=N–C) groups is 1. The molecule has 154 valence electrons. The van der Waals surface area contributed by atoms with Gasteiger partial charge in [0, 0.05) is 14.0 Å². The number of ether oxygens (including phenoxy) is 2. The van der Waals surface area contributed by atoms with Crippen LogP contribution >= 0.6 is 0 Å². The van der Waals surface area contributed by atoms with Crippen molar-refractivity contribution in [2.24, 2.45) is 4.99 Å². The zero-order valence-corrected chi connectivity index (χ0v) is 17.4. The summed E-state index contributed by atoms with van der Waals surface area (Å²) in [7, 11) is 1.72. The van der Waals surface area contributed by atoms with Gasteiger partial charge in [0.05, 0.1) is 25.8 Å². The van der Waals surface area contributed by atoms with Gasteiger partial charge >= 0.3 is 0 Å². The number of benzene rings is 1. The van der Waals surface area contributed by atoms with Gasteiger partial charge in [0.1, 0.15) is 0 Å². The lowest BCUT2D eigenvalue weighted by Crippen LogP contribution is -2.38. The van der Waals surface area contributed by atoms with Crippen LogP contribution in [0, 0.1) is 6.92 Å².